The van der Waals surface area contributed by atoms with Crippen molar-refractivity contribution in [1.82, 2.24) is 4.98 Å². The quantitative estimate of drug-likeness (QED) is 0.841. The Balaban J connectivity index is 2.20. The number of carboxylic acid groups (broad SMARTS) is 1. The molecule has 0 spiro atoms. The molecule has 2 rings (SSSR count). The number of nitrogens with zero attached hydrogens (tertiary/aromatic N) is 1. The van der Waals surface area contributed by atoms with Gasteiger partial charge in [0.25, 0.3) is 0 Å². The van der Waals surface area contributed by atoms with E-state index in [0.717, 1.165) is 12.0 Å². The fourth-order valence-corrected chi connectivity index (χ4v) is 2.38. The summed E-state index contributed by atoms with van der Waals surface area (Å²) in [6.45, 7) is 0.911. The molecule has 1 atom stereocenters. The maximum Gasteiger partial charge on any atom is 0.312 e. The summed E-state index contributed by atoms with van der Waals surface area (Å²) in [5.41, 5.74) is 0.0704. The molecule has 0 bridgehead atoms. The van der Waals surface area contributed by atoms with Crippen LogP contribution in [0.15, 0.2) is 18.3 Å². The lowest BCUT2D eigenvalue weighted by molar-refractivity contribution is -0.157. The van der Waals surface area contributed by atoms with Gasteiger partial charge in [-0.2, -0.15) is 0 Å². The van der Waals surface area contributed by atoms with Gasteiger partial charge in [0.05, 0.1) is 12.0 Å². The Hall–Kier alpha value is -1.13. The zero-order valence-corrected chi connectivity index (χ0v) is 10.1. The van der Waals surface area contributed by atoms with Crippen LogP contribution in [0.3, 0.4) is 0 Å². The van der Waals surface area contributed by atoms with Gasteiger partial charge in [-0.15, -0.1) is 0 Å². The Morgan fingerprint density at radius 1 is 1.65 bits per heavy atom. The third-order valence-electron chi connectivity index (χ3n) is 3.11. The predicted octanol–water partition coefficient (Wildman–Crippen LogP) is 2.16. The third-order valence-corrected chi connectivity index (χ3v) is 3.32. The van der Waals surface area contributed by atoms with Crippen molar-refractivity contribution in [1.29, 1.82) is 0 Å². The second kappa shape index (κ2) is 5.02. The summed E-state index contributed by atoms with van der Waals surface area (Å²) in [7, 11) is 0. The fraction of sp³-hybridized carbons (Fsp3) is 0.500. The first-order valence-corrected chi connectivity index (χ1v) is 5.92. The normalized spacial score (nSPS) is 24.5. The maximum absolute atomic E-state index is 11.4. The molecule has 0 aliphatic carbocycles. The zero-order chi connectivity index (χ0) is 12.3. The van der Waals surface area contributed by atoms with E-state index < -0.39 is 11.4 Å². The maximum atomic E-state index is 11.4. The average Bonchev–Trinajstić information content (AvgIpc) is 2.30. The summed E-state index contributed by atoms with van der Waals surface area (Å²) < 4.78 is 5.32. The predicted molar refractivity (Wildman–Crippen MR) is 63.1 cm³/mol. The molecule has 92 valence electrons. The van der Waals surface area contributed by atoms with Crippen molar-refractivity contribution < 1.29 is 14.6 Å². The van der Waals surface area contributed by atoms with Gasteiger partial charge in [-0.3, -0.25) is 4.79 Å². The molecule has 1 aromatic rings. The molecule has 1 saturated heterocycles. The standard InChI is InChI=1S/C12H14ClNO3/c13-10-6-9(2-4-14-10)7-12(11(15)16)3-1-5-17-8-12/h2,4,6H,1,3,5,7-8H2,(H,15,16). The van der Waals surface area contributed by atoms with Crippen LogP contribution in [0.25, 0.3) is 0 Å². The second-order valence-electron chi connectivity index (χ2n) is 4.41. The first-order chi connectivity index (χ1) is 8.12. The van der Waals surface area contributed by atoms with Crippen LogP contribution < -0.4 is 0 Å². The van der Waals surface area contributed by atoms with Crippen molar-refractivity contribution in [3.05, 3.63) is 29.0 Å². The van der Waals surface area contributed by atoms with Gasteiger partial charge < -0.3 is 9.84 Å². The number of aliphatic carboxylic acids is 1. The third kappa shape index (κ3) is 2.76. The lowest BCUT2D eigenvalue weighted by Gasteiger charge is -2.33. The molecule has 1 aromatic heterocycles. The molecule has 1 aliphatic heterocycles. The second-order valence-corrected chi connectivity index (χ2v) is 4.79. The number of pyridine rings is 1. The van der Waals surface area contributed by atoms with Crippen LogP contribution in [0.5, 0.6) is 0 Å². The summed E-state index contributed by atoms with van der Waals surface area (Å²) in [6, 6.07) is 3.51. The summed E-state index contributed by atoms with van der Waals surface area (Å²) in [6.07, 6.45) is 3.45. The Morgan fingerprint density at radius 3 is 3.06 bits per heavy atom. The monoisotopic (exact) mass is 255 g/mol. The van der Waals surface area contributed by atoms with Crippen LogP contribution in [0.2, 0.25) is 5.15 Å². The van der Waals surface area contributed by atoms with Crippen LogP contribution >= 0.6 is 11.6 Å². The topological polar surface area (TPSA) is 59.4 Å². The van der Waals surface area contributed by atoms with Crippen molar-refractivity contribution in [2.75, 3.05) is 13.2 Å². The first kappa shape index (κ1) is 12.3. The minimum absolute atomic E-state index is 0.266. The van der Waals surface area contributed by atoms with E-state index in [4.69, 9.17) is 16.3 Å². The molecule has 17 heavy (non-hydrogen) atoms. The van der Waals surface area contributed by atoms with E-state index in [1.165, 1.54) is 0 Å². The number of hydrogen-bond donors (Lipinski definition) is 1. The van der Waals surface area contributed by atoms with Gasteiger partial charge in [0, 0.05) is 12.8 Å². The van der Waals surface area contributed by atoms with Crippen molar-refractivity contribution in [2.45, 2.75) is 19.3 Å². The highest BCUT2D eigenvalue weighted by atomic mass is 35.5. The van der Waals surface area contributed by atoms with E-state index in [9.17, 15) is 9.90 Å². The van der Waals surface area contributed by atoms with Crippen molar-refractivity contribution in [3.63, 3.8) is 0 Å². The van der Waals surface area contributed by atoms with Crippen LogP contribution in [0.4, 0.5) is 0 Å². The Labute approximate surface area is 105 Å². The Bertz CT molecular complexity index is 416. The van der Waals surface area contributed by atoms with Crippen molar-refractivity contribution >= 4 is 17.6 Å². The van der Waals surface area contributed by atoms with Gasteiger partial charge in [0.1, 0.15) is 5.15 Å². The SMILES string of the molecule is O=C(O)C1(Cc2ccnc(Cl)c2)CCCOC1. The molecule has 0 saturated carbocycles. The summed E-state index contributed by atoms with van der Waals surface area (Å²) in [5.74, 6) is -0.801. The minimum atomic E-state index is -0.817. The first-order valence-electron chi connectivity index (χ1n) is 5.54. The van der Waals surface area contributed by atoms with E-state index >= 15 is 0 Å². The number of aromatic nitrogens is 1. The molecule has 1 N–H and O–H groups in total. The van der Waals surface area contributed by atoms with Gasteiger partial charge >= 0.3 is 5.97 Å². The number of rotatable bonds is 3. The molecule has 4 nitrogen and oxygen atoms in total. The van der Waals surface area contributed by atoms with Gasteiger partial charge in [-0.05, 0) is 37.0 Å². The van der Waals surface area contributed by atoms with Gasteiger partial charge in [0.2, 0.25) is 0 Å². The molecular formula is C12H14ClNO3. The molecule has 0 amide bonds. The highest BCUT2D eigenvalue weighted by Gasteiger charge is 2.40. The molecule has 5 heteroatoms. The highest BCUT2D eigenvalue weighted by molar-refractivity contribution is 6.29. The fourth-order valence-electron chi connectivity index (χ4n) is 2.18. The molecule has 1 aliphatic rings. The van der Waals surface area contributed by atoms with Crippen LogP contribution in [-0.4, -0.2) is 29.3 Å². The van der Waals surface area contributed by atoms with E-state index in [0.29, 0.717) is 24.6 Å². The molecule has 0 radical (unpaired) electrons. The van der Waals surface area contributed by atoms with Crippen molar-refractivity contribution in [3.8, 4) is 0 Å². The molecule has 0 aromatic carbocycles. The number of carboxylic acids is 1. The van der Waals surface area contributed by atoms with Gasteiger partial charge in [0.15, 0.2) is 0 Å². The lowest BCUT2D eigenvalue weighted by atomic mass is 9.77. The summed E-state index contributed by atoms with van der Waals surface area (Å²) in [4.78, 5) is 15.3. The molecule has 1 unspecified atom stereocenters. The summed E-state index contributed by atoms with van der Waals surface area (Å²) >= 11 is 5.80. The van der Waals surface area contributed by atoms with E-state index in [1.807, 2.05) is 0 Å². The number of ether oxygens (including phenoxy) is 1. The van der Waals surface area contributed by atoms with E-state index in [1.54, 1.807) is 18.3 Å². The zero-order valence-electron chi connectivity index (χ0n) is 9.36. The smallest absolute Gasteiger partial charge is 0.312 e. The Kier molecular flexibility index (Phi) is 3.64. The number of halogens is 1. The Morgan fingerprint density at radius 2 is 2.47 bits per heavy atom. The highest BCUT2D eigenvalue weighted by Crippen LogP contribution is 2.33. The number of carbonyl (C=O) groups is 1. The number of hydrogen-bond acceptors (Lipinski definition) is 3. The van der Waals surface area contributed by atoms with Crippen LogP contribution in [0.1, 0.15) is 18.4 Å². The molecule has 1 fully saturated rings. The average molecular weight is 256 g/mol. The van der Waals surface area contributed by atoms with E-state index in [2.05, 4.69) is 4.98 Å². The van der Waals surface area contributed by atoms with Crippen molar-refractivity contribution in [2.24, 2.45) is 5.41 Å². The van der Waals surface area contributed by atoms with E-state index in [-0.39, 0.29) is 6.61 Å². The summed E-state index contributed by atoms with van der Waals surface area (Å²) in [5, 5.41) is 9.78. The van der Waals surface area contributed by atoms with Crippen LogP contribution in [0, 0.1) is 5.41 Å². The molecule has 2 heterocycles. The molecular weight excluding hydrogens is 242 g/mol. The largest absolute Gasteiger partial charge is 0.481 e. The minimum Gasteiger partial charge on any atom is -0.481 e. The lowest BCUT2D eigenvalue weighted by Crippen LogP contribution is -2.41. The van der Waals surface area contributed by atoms with Crippen LogP contribution in [-0.2, 0) is 16.0 Å². The van der Waals surface area contributed by atoms with Gasteiger partial charge in [-0.25, -0.2) is 4.98 Å². The van der Waals surface area contributed by atoms with Gasteiger partial charge in [-0.1, -0.05) is 11.6 Å².